The van der Waals surface area contributed by atoms with Crippen LogP contribution < -0.4 is 10.6 Å². The largest absolute Gasteiger partial charge is 0.347 e. The van der Waals surface area contributed by atoms with Gasteiger partial charge in [0.1, 0.15) is 23.2 Å². The fourth-order valence-electron chi connectivity index (χ4n) is 2.56. The van der Waals surface area contributed by atoms with Gasteiger partial charge in [0.05, 0.1) is 5.02 Å². The molecule has 0 aliphatic heterocycles. The molecule has 7 heteroatoms. The zero-order valence-electron chi connectivity index (χ0n) is 14.9. The van der Waals surface area contributed by atoms with E-state index in [9.17, 15) is 9.18 Å². The van der Waals surface area contributed by atoms with E-state index in [-0.39, 0.29) is 16.6 Å². The zero-order chi connectivity index (χ0) is 19.4. The van der Waals surface area contributed by atoms with Gasteiger partial charge in [0.25, 0.3) is 5.91 Å². The maximum Gasteiger partial charge on any atom is 0.270 e. The second kappa shape index (κ2) is 8.14. The average molecular weight is 385 g/mol. The van der Waals surface area contributed by atoms with Gasteiger partial charge in [-0.3, -0.25) is 4.79 Å². The number of anilines is 2. The lowest BCUT2D eigenvalue weighted by molar-refractivity contribution is 0.0945. The molecule has 0 radical (unpaired) electrons. The summed E-state index contributed by atoms with van der Waals surface area (Å²) in [5.41, 5.74) is 2.94. The third kappa shape index (κ3) is 5.01. The monoisotopic (exact) mass is 384 g/mol. The van der Waals surface area contributed by atoms with Gasteiger partial charge in [0.2, 0.25) is 0 Å². The van der Waals surface area contributed by atoms with Gasteiger partial charge in [0.15, 0.2) is 0 Å². The summed E-state index contributed by atoms with van der Waals surface area (Å²) in [4.78, 5) is 20.9. The van der Waals surface area contributed by atoms with Crippen molar-refractivity contribution in [2.24, 2.45) is 0 Å². The van der Waals surface area contributed by atoms with Crippen molar-refractivity contribution in [2.45, 2.75) is 20.4 Å². The Morgan fingerprint density at radius 3 is 2.67 bits per heavy atom. The van der Waals surface area contributed by atoms with Gasteiger partial charge < -0.3 is 10.6 Å². The highest BCUT2D eigenvalue weighted by Crippen LogP contribution is 2.22. The third-order valence-electron chi connectivity index (χ3n) is 3.80. The Balaban J connectivity index is 1.73. The number of carbonyl (C=O) groups is 1. The molecule has 0 fully saturated rings. The summed E-state index contributed by atoms with van der Waals surface area (Å²) in [6.07, 6.45) is 0. The van der Waals surface area contributed by atoms with E-state index in [1.54, 1.807) is 6.92 Å². The molecule has 5 nitrogen and oxygen atoms in total. The molecule has 0 saturated heterocycles. The molecule has 0 aliphatic carbocycles. The maximum absolute atomic E-state index is 13.3. The highest BCUT2D eigenvalue weighted by atomic mass is 35.5. The van der Waals surface area contributed by atoms with Gasteiger partial charge in [-0.25, -0.2) is 14.4 Å². The van der Waals surface area contributed by atoms with Gasteiger partial charge >= 0.3 is 0 Å². The van der Waals surface area contributed by atoms with Crippen molar-refractivity contribution in [3.05, 3.63) is 82.0 Å². The first kappa shape index (κ1) is 18.8. The van der Waals surface area contributed by atoms with Crippen molar-refractivity contribution in [1.29, 1.82) is 0 Å². The fraction of sp³-hybridized carbons (Fsp3) is 0.150. The molecule has 138 valence electrons. The van der Waals surface area contributed by atoms with E-state index < -0.39 is 5.82 Å². The Bertz CT molecular complexity index is 993. The quantitative estimate of drug-likeness (QED) is 0.676. The highest BCUT2D eigenvalue weighted by Gasteiger charge is 2.11. The molecule has 3 aromatic rings. The fourth-order valence-corrected chi connectivity index (χ4v) is 2.75. The van der Waals surface area contributed by atoms with Crippen LogP contribution in [0.15, 0.2) is 48.5 Å². The van der Waals surface area contributed by atoms with E-state index in [1.165, 1.54) is 24.3 Å². The van der Waals surface area contributed by atoms with Crippen LogP contribution in [0.4, 0.5) is 15.9 Å². The molecule has 0 spiro atoms. The summed E-state index contributed by atoms with van der Waals surface area (Å²) in [5.74, 6) is 0.0549. The standard InChI is InChI=1S/C20H18ClFN4O/c1-12-4-3-5-14(8-12)11-23-20(27)18-10-19(25-13(2)24-18)26-15-6-7-17(22)16(21)9-15/h3-10H,11H2,1-2H3,(H,23,27)(H,24,25,26). The van der Waals surface area contributed by atoms with Crippen LogP contribution in [0, 0.1) is 19.7 Å². The summed E-state index contributed by atoms with van der Waals surface area (Å²) < 4.78 is 13.3. The van der Waals surface area contributed by atoms with Gasteiger partial charge in [-0.2, -0.15) is 0 Å². The molecular weight excluding hydrogens is 367 g/mol. The number of rotatable bonds is 5. The van der Waals surface area contributed by atoms with Crippen LogP contribution >= 0.6 is 11.6 Å². The van der Waals surface area contributed by atoms with E-state index in [0.717, 1.165) is 11.1 Å². The lowest BCUT2D eigenvalue weighted by atomic mass is 10.1. The molecule has 0 unspecified atom stereocenters. The lowest BCUT2D eigenvalue weighted by Crippen LogP contribution is -2.24. The SMILES string of the molecule is Cc1cccc(CNC(=O)c2cc(Nc3ccc(F)c(Cl)c3)nc(C)n2)c1. The minimum atomic E-state index is -0.502. The number of aromatic nitrogens is 2. The van der Waals surface area contributed by atoms with E-state index in [2.05, 4.69) is 20.6 Å². The molecule has 0 saturated carbocycles. The predicted molar refractivity (Wildman–Crippen MR) is 104 cm³/mol. The van der Waals surface area contributed by atoms with Gasteiger partial charge in [0, 0.05) is 18.3 Å². The molecule has 3 rings (SSSR count). The Hall–Kier alpha value is -2.99. The molecule has 1 heterocycles. The number of carbonyl (C=O) groups excluding carboxylic acids is 1. The average Bonchev–Trinajstić information content (AvgIpc) is 2.62. The second-order valence-corrected chi connectivity index (χ2v) is 6.52. The molecule has 2 aromatic carbocycles. The van der Waals surface area contributed by atoms with Crippen LogP contribution in [0.3, 0.4) is 0 Å². The number of hydrogen-bond acceptors (Lipinski definition) is 4. The lowest BCUT2D eigenvalue weighted by Gasteiger charge is -2.10. The van der Waals surface area contributed by atoms with Crippen molar-refractivity contribution in [3.8, 4) is 0 Å². The molecule has 0 aliphatic rings. The number of nitrogens with one attached hydrogen (secondary N) is 2. The number of nitrogens with zero attached hydrogens (tertiary/aromatic N) is 2. The minimum absolute atomic E-state index is 0.00176. The van der Waals surface area contributed by atoms with Crippen molar-refractivity contribution in [1.82, 2.24) is 15.3 Å². The van der Waals surface area contributed by atoms with Gasteiger partial charge in [-0.05, 0) is 37.6 Å². The number of halogens is 2. The van der Waals surface area contributed by atoms with Crippen molar-refractivity contribution < 1.29 is 9.18 Å². The molecule has 1 amide bonds. The first-order chi connectivity index (χ1) is 12.9. The summed E-state index contributed by atoms with van der Waals surface area (Å²) >= 11 is 5.79. The first-order valence-electron chi connectivity index (χ1n) is 8.32. The van der Waals surface area contributed by atoms with Crippen LogP contribution in [-0.4, -0.2) is 15.9 Å². The number of hydrogen-bond donors (Lipinski definition) is 2. The van der Waals surface area contributed by atoms with Gasteiger partial charge in [-0.15, -0.1) is 0 Å². The molecule has 27 heavy (non-hydrogen) atoms. The summed E-state index contributed by atoms with van der Waals surface area (Å²) in [5, 5.41) is 5.86. The van der Waals surface area contributed by atoms with Gasteiger partial charge in [-0.1, -0.05) is 41.4 Å². The smallest absolute Gasteiger partial charge is 0.270 e. The normalized spacial score (nSPS) is 10.5. The van der Waals surface area contributed by atoms with E-state index in [0.29, 0.717) is 23.9 Å². The van der Waals surface area contributed by atoms with E-state index >= 15 is 0 Å². The minimum Gasteiger partial charge on any atom is -0.347 e. The Kier molecular flexibility index (Phi) is 5.66. The Labute approximate surface area is 161 Å². The van der Waals surface area contributed by atoms with E-state index in [4.69, 9.17) is 11.6 Å². The zero-order valence-corrected chi connectivity index (χ0v) is 15.6. The Morgan fingerprint density at radius 2 is 1.93 bits per heavy atom. The molecular formula is C20H18ClFN4O. The maximum atomic E-state index is 13.3. The van der Waals surface area contributed by atoms with E-state index in [1.807, 2.05) is 31.2 Å². The highest BCUT2D eigenvalue weighted by molar-refractivity contribution is 6.31. The summed E-state index contributed by atoms with van der Waals surface area (Å²) in [7, 11) is 0. The van der Waals surface area contributed by atoms with Crippen LogP contribution in [0.2, 0.25) is 5.02 Å². The molecule has 1 aromatic heterocycles. The number of amides is 1. The van der Waals surface area contributed by atoms with Crippen LogP contribution in [0.25, 0.3) is 0 Å². The molecule has 2 N–H and O–H groups in total. The summed E-state index contributed by atoms with van der Waals surface area (Å²) in [6.45, 7) is 4.10. The predicted octanol–water partition coefficient (Wildman–Crippen LogP) is 4.56. The molecule has 0 atom stereocenters. The second-order valence-electron chi connectivity index (χ2n) is 6.11. The number of aryl methyl sites for hydroxylation is 2. The molecule has 0 bridgehead atoms. The van der Waals surface area contributed by atoms with Crippen LogP contribution in [-0.2, 0) is 6.54 Å². The Morgan fingerprint density at radius 1 is 1.11 bits per heavy atom. The first-order valence-corrected chi connectivity index (χ1v) is 8.70. The summed E-state index contributed by atoms with van der Waals surface area (Å²) in [6, 6.07) is 13.7. The van der Waals surface area contributed by atoms with Crippen LogP contribution in [0.5, 0.6) is 0 Å². The van der Waals surface area contributed by atoms with Crippen molar-refractivity contribution >= 4 is 29.0 Å². The number of benzene rings is 2. The van der Waals surface area contributed by atoms with Crippen molar-refractivity contribution in [3.63, 3.8) is 0 Å². The van der Waals surface area contributed by atoms with Crippen LogP contribution in [0.1, 0.15) is 27.4 Å². The van der Waals surface area contributed by atoms with Crippen molar-refractivity contribution in [2.75, 3.05) is 5.32 Å². The third-order valence-corrected chi connectivity index (χ3v) is 4.09. The topological polar surface area (TPSA) is 66.9 Å².